The van der Waals surface area contributed by atoms with Gasteiger partial charge < -0.3 is 25.5 Å². The minimum Gasteiger partial charge on any atom is -0.455 e. The maximum absolute atomic E-state index is 13.3. The number of ether oxygens (including phenoxy) is 1. The molecule has 0 spiro atoms. The van der Waals surface area contributed by atoms with Crippen LogP contribution < -0.4 is 26.2 Å². The molecule has 10 nitrogen and oxygen atoms in total. The molecule has 49 heavy (non-hydrogen) atoms. The van der Waals surface area contributed by atoms with Crippen LogP contribution in [0.4, 0.5) is 18.9 Å². The van der Waals surface area contributed by atoms with Gasteiger partial charge in [-0.3, -0.25) is 9.59 Å². The number of carbonyl (C=O) groups is 3. The van der Waals surface area contributed by atoms with E-state index in [0.717, 1.165) is 18.7 Å². The highest BCUT2D eigenvalue weighted by Crippen LogP contribution is 2.34. The summed E-state index contributed by atoms with van der Waals surface area (Å²) in [7, 11) is 0. The van der Waals surface area contributed by atoms with Crippen molar-refractivity contribution in [2.24, 2.45) is 5.73 Å². The molecular weight excluding hydrogens is 639 g/mol. The molecule has 254 valence electrons. The molecule has 13 heteroatoms. The number of nitrogens with zero attached hydrogens (tertiary/aromatic N) is 2. The fourth-order valence-electron chi connectivity index (χ4n) is 4.79. The summed E-state index contributed by atoms with van der Waals surface area (Å²) in [6.07, 6.45) is -5.08. The molecule has 0 aromatic heterocycles. The van der Waals surface area contributed by atoms with Crippen LogP contribution in [0.3, 0.4) is 0 Å². The van der Waals surface area contributed by atoms with Crippen LogP contribution in [0.2, 0.25) is 0 Å². The van der Waals surface area contributed by atoms with Crippen LogP contribution >= 0.6 is 0 Å². The Kier molecular flexibility index (Phi) is 12.9. The van der Waals surface area contributed by atoms with Crippen LogP contribution in [0.25, 0.3) is 0 Å². The Labute approximate surface area is 281 Å². The van der Waals surface area contributed by atoms with Gasteiger partial charge in [0.25, 0.3) is 5.91 Å². The molecule has 0 radical (unpaired) electrons. The molecule has 0 saturated carbocycles. The van der Waals surface area contributed by atoms with Gasteiger partial charge in [-0.25, -0.2) is 4.79 Å². The Morgan fingerprint density at radius 3 is 2.31 bits per heavy atom. The summed E-state index contributed by atoms with van der Waals surface area (Å²) in [5.74, 6) is -3.46. The molecule has 1 aliphatic rings. The van der Waals surface area contributed by atoms with Crippen molar-refractivity contribution >= 4 is 23.5 Å². The normalized spacial score (nSPS) is 11.9. The number of anilines is 1. The number of para-hydroxylation sites is 2. The van der Waals surface area contributed by atoms with Gasteiger partial charge in [0.1, 0.15) is 5.75 Å². The monoisotopic (exact) mass is 673 g/mol. The van der Waals surface area contributed by atoms with Gasteiger partial charge in [0.2, 0.25) is 5.91 Å². The van der Waals surface area contributed by atoms with Gasteiger partial charge >= 0.3 is 12.1 Å². The average molecular weight is 674 g/mol. The van der Waals surface area contributed by atoms with Crippen LogP contribution in [0.1, 0.15) is 40.7 Å². The fourth-order valence-corrected chi connectivity index (χ4v) is 4.79. The number of carbonyl (C=O) groups excluding carboxylic acids is 3. The SMILES string of the molecule is N#Cc1ccc(CN(C(=O)CCC(=O)NOC(=O)C(F)(F)F)c2ccccc2Oc2cccc(CN)c2)cc1.c1ccc2c(c1)CCNC2. The Balaban J connectivity index is 0.000000456. The number of hydrogen-bond acceptors (Lipinski definition) is 8. The van der Waals surface area contributed by atoms with Crippen LogP contribution in [0.5, 0.6) is 11.5 Å². The number of hydrogen-bond donors (Lipinski definition) is 3. The van der Waals surface area contributed by atoms with E-state index in [9.17, 15) is 27.6 Å². The predicted molar refractivity (Wildman–Crippen MR) is 175 cm³/mol. The van der Waals surface area contributed by atoms with Crippen LogP contribution in [-0.2, 0) is 45.3 Å². The molecule has 0 saturated heterocycles. The molecule has 2 amide bonds. The zero-order chi connectivity index (χ0) is 35.2. The second kappa shape index (κ2) is 17.4. The van der Waals surface area contributed by atoms with Crippen molar-refractivity contribution in [3.63, 3.8) is 0 Å². The van der Waals surface area contributed by atoms with Gasteiger partial charge in [-0.1, -0.05) is 60.7 Å². The number of amides is 2. The maximum Gasteiger partial charge on any atom is 0.493 e. The highest BCUT2D eigenvalue weighted by atomic mass is 19.4. The summed E-state index contributed by atoms with van der Waals surface area (Å²) in [5, 5.41) is 12.4. The number of hydroxylamine groups is 1. The lowest BCUT2D eigenvalue weighted by atomic mass is 10.0. The van der Waals surface area contributed by atoms with Crippen molar-refractivity contribution in [1.29, 1.82) is 5.26 Å². The van der Waals surface area contributed by atoms with Crippen molar-refractivity contribution in [3.05, 3.63) is 125 Å². The lowest BCUT2D eigenvalue weighted by Gasteiger charge is -2.25. The third kappa shape index (κ3) is 10.9. The lowest BCUT2D eigenvalue weighted by Crippen LogP contribution is -2.36. The Morgan fingerprint density at radius 2 is 1.61 bits per heavy atom. The zero-order valence-corrected chi connectivity index (χ0v) is 26.3. The highest BCUT2D eigenvalue weighted by molar-refractivity contribution is 5.96. The van der Waals surface area contributed by atoms with Gasteiger partial charge in [0, 0.05) is 25.9 Å². The second-order valence-electron chi connectivity index (χ2n) is 10.8. The van der Waals surface area contributed by atoms with Crippen molar-refractivity contribution in [3.8, 4) is 17.6 Å². The largest absolute Gasteiger partial charge is 0.493 e. The quantitative estimate of drug-likeness (QED) is 0.195. The summed E-state index contributed by atoms with van der Waals surface area (Å²) >= 11 is 0. The summed E-state index contributed by atoms with van der Waals surface area (Å²) < 4.78 is 42.9. The van der Waals surface area contributed by atoms with E-state index in [2.05, 4.69) is 34.4 Å². The van der Waals surface area contributed by atoms with E-state index in [4.69, 9.17) is 15.7 Å². The van der Waals surface area contributed by atoms with E-state index in [0.29, 0.717) is 34.9 Å². The standard InChI is InChI=1S/C27H23F3N4O5.C9H11N/c28-27(29,30)26(37)39-33-24(35)12-13-25(36)34(17-19-10-8-18(15-31)9-11-19)22-6-1-2-7-23(22)38-21-5-3-4-20(14-21)16-32;1-2-4-9-7-10-6-5-8(9)3-1/h1-11,14H,12-13,16-17,32H2,(H,33,35);1-4,10H,5-7H2. The molecule has 0 aliphatic carbocycles. The first kappa shape index (κ1) is 36.1. The van der Waals surface area contributed by atoms with Crippen molar-refractivity contribution in [1.82, 2.24) is 10.8 Å². The lowest BCUT2D eigenvalue weighted by molar-refractivity contribution is -0.207. The van der Waals surface area contributed by atoms with E-state index >= 15 is 0 Å². The molecule has 0 bridgehead atoms. The molecule has 4 aromatic carbocycles. The Hall–Kier alpha value is -5.71. The minimum absolute atomic E-state index is 0.0262. The smallest absolute Gasteiger partial charge is 0.455 e. The zero-order valence-electron chi connectivity index (χ0n) is 26.3. The number of alkyl halides is 3. The van der Waals surface area contributed by atoms with E-state index in [-0.39, 0.29) is 6.54 Å². The van der Waals surface area contributed by atoms with Gasteiger partial charge in [-0.15, -0.1) is 0 Å². The number of benzene rings is 4. The summed E-state index contributed by atoms with van der Waals surface area (Å²) in [6.45, 7) is 2.51. The molecule has 0 unspecified atom stereocenters. The maximum atomic E-state index is 13.3. The number of nitriles is 1. The third-order valence-electron chi connectivity index (χ3n) is 7.30. The van der Waals surface area contributed by atoms with E-state index in [1.165, 1.54) is 27.9 Å². The van der Waals surface area contributed by atoms with E-state index in [1.807, 2.05) is 12.1 Å². The topological polar surface area (TPSA) is 147 Å². The fraction of sp³-hybridized carbons (Fsp3) is 0.222. The first-order chi connectivity index (χ1) is 23.6. The number of halogens is 3. The van der Waals surface area contributed by atoms with Gasteiger partial charge in [-0.05, 0) is 71.6 Å². The first-order valence-electron chi connectivity index (χ1n) is 15.3. The third-order valence-corrected chi connectivity index (χ3v) is 7.30. The molecule has 0 atom stereocenters. The first-order valence-corrected chi connectivity index (χ1v) is 15.3. The Bertz CT molecular complexity index is 1770. The summed E-state index contributed by atoms with van der Waals surface area (Å²) in [4.78, 5) is 41.1. The summed E-state index contributed by atoms with van der Waals surface area (Å²) in [6, 6.07) is 30.9. The number of nitrogens with one attached hydrogen (secondary N) is 2. The van der Waals surface area contributed by atoms with E-state index in [1.54, 1.807) is 66.7 Å². The minimum atomic E-state index is -5.28. The molecule has 1 aliphatic heterocycles. The Morgan fingerprint density at radius 1 is 0.898 bits per heavy atom. The molecule has 5 rings (SSSR count). The van der Waals surface area contributed by atoms with Gasteiger partial charge in [0.05, 0.1) is 23.9 Å². The molecule has 0 fully saturated rings. The molecular formula is C36H34F3N5O5. The molecule has 4 aromatic rings. The van der Waals surface area contributed by atoms with Crippen molar-refractivity contribution in [2.45, 2.75) is 45.1 Å². The second-order valence-corrected chi connectivity index (χ2v) is 10.8. The number of fused-ring (bicyclic) bond motifs is 1. The van der Waals surface area contributed by atoms with Crippen molar-refractivity contribution < 1.29 is 37.1 Å². The predicted octanol–water partition coefficient (Wildman–Crippen LogP) is 5.59. The van der Waals surface area contributed by atoms with Gasteiger partial charge in [-0.2, -0.15) is 23.9 Å². The van der Waals surface area contributed by atoms with E-state index < -0.39 is 36.8 Å². The molecule has 4 N–H and O–H groups in total. The van der Waals surface area contributed by atoms with Crippen LogP contribution in [-0.4, -0.2) is 30.5 Å². The average Bonchev–Trinajstić information content (AvgIpc) is 3.12. The number of rotatable bonds is 9. The van der Waals surface area contributed by atoms with Crippen molar-refractivity contribution in [2.75, 3.05) is 11.4 Å². The summed E-state index contributed by atoms with van der Waals surface area (Å²) in [5.41, 5.74) is 12.3. The van der Waals surface area contributed by atoms with Gasteiger partial charge in [0.15, 0.2) is 5.75 Å². The number of nitrogens with two attached hydrogens (primary N) is 1. The van der Waals surface area contributed by atoms with Crippen LogP contribution in [0.15, 0.2) is 97.1 Å². The highest BCUT2D eigenvalue weighted by Gasteiger charge is 2.42. The molecule has 1 heterocycles. The van der Waals surface area contributed by atoms with Crippen LogP contribution in [0, 0.1) is 11.3 Å².